The van der Waals surface area contributed by atoms with E-state index >= 15 is 0 Å². The normalized spacial score (nSPS) is 23.1. The number of aromatic nitrogens is 3. The first-order chi connectivity index (χ1) is 18.3. The molecule has 6 rings (SSSR count). The molecule has 7 nitrogen and oxygen atoms in total. The number of aliphatic carboxylic acids is 1. The lowest BCUT2D eigenvalue weighted by Crippen LogP contribution is -2.43. The molecule has 2 aromatic carbocycles. The lowest BCUT2D eigenvalue weighted by Gasteiger charge is -2.47. The molecule has 0 amide bonds. The zero-order chi connectivity index (χ0) is 26.4. The standard InChI is InChI=1S/C30H34FN3O4/c1-18(35)14-30(15-21(16-30)29(36)37)9-6-24-25-13-26-20(17-32-33-26)12-27(25)34(23-4-2-22(31)3-5-23)28(24)19-7-10-38-11-8-19/h2-5,12-13,17-19,21,35H,6-11,14-16H2,1H3,(H,32,33)(H,36,37)/t18-,21?,30?/m0/s1. The number of ether oxygens (including phenoxy) is 1. The van der Waals surface area contributed by atoms with Gasteiger partial charge in [0.1, 0.15) is 5.82 Å². The predicted octanol–water partition coefficient (Wildman–Crippen LogP) is 5.72. The van der Waals surface area contributed by atoms with Crippen LogP contribution in [0.3, 0.4) is 0 Å². The van der Waals surface area contributed by atoms with Crippen molar-refractivity contribution in [1.82, 2.24) is 14.8 Å². The number of carboxylic acids is 1. The number of fused-ring (bicyclic) bond motifs is 2. The molecule has 1 aliphatic carbocycles. The second-order valence-electron chi connectivity index (χ2n) is 11.4. The predicted molar refractivity (Wildman–Crippen MR) is 143 cm³/mol. The van der Waals surface area contributed by atoms with Gasteiger partial charge in [-0.2, -0.15) is 5.10 Å². The fourth-order valence-electron chi connectivity index (χ4n) is 6.99. The molecule has 3 heterocycles. The van der Waals surface area contributed by atoms with E-state index < -0.39 is 12.1 Å². The van der Waals surface area contributed by atoms with Crippen molar-refractivity contribution in [3.63, 3.8) is 0 Å². The first kappa shape index (κ1) is 25.1. The van der Waals surface area contributed by atoms with Crippen LogP contribution in [0.5, 0.6) is 0 Å². The topological polar surface area (TPSA) is 100 Å². The van der Waals surface area contributed by atoms with Crippen molar-refractivity contribution in [2.45, 2.75) is 63.9 Å². The Hall–Kier alpha value is -3.23. The summed E-state index contributed by atoms with van der Waals surface area (Å²) >= 11 is 0. The number of carbonyl (C=O) groups is 1. The molecule has 4 aromatic rings. The molecule has 1 atom stereocenters. The number of hydrogen-bond donors (Lipinski definition) is 3. The van der Waals surface area contributed by atoms with Gasteiger partial charge in [-0.3, -0.25) is 9.89 Å². The van der Waals surface area contributed by atoms with Crippen LogP contribution in [0.2, 0.25) is 0 Å². The zero-order valence-corrected chi connectivity index (χ0v) is 21.6. The molecule has 1 saturated heterocycles. The van der Waals surface area contributed by atoms with E-state index in [9.17, 15) is 19.4 Å². The van der Waals surface area contributed by atoms with Crippen LogP contribution >= 0.6 is 0 Å². The first-order valence-corrected chi connectivity index (χ1v) is 13.6. The lowest BCUT2D eigenvalue weighted by molar-refractivity contribution is -0.152. The highest BCUT2D eigenvalue weighted by Gasteiger charge is 2.47. The average molecular weight is 520 g/mol. The molecular weight excluding hydrogens is 485 g/mol. The van der Waals surface area contributed by atoms with Crippen LogP contribution < -0.4 is 0 Å². The monoisotopic (exact) mass is 519 g/mol. The van der Waals surface area contributed by atoms with Crippen LogP contribution in [0.25, 0.3) is 27.5 Å². The van der Waals surface area contributed by atoms with Gasteiger partial charge in [-0.1, -0.05) is 0 Å². The Morgan fingerprint density at radius 2 is 1.97 bits per heavy atom. The molecule has 0 radical (unpaired) electrons. The van der Waals surface area contributed by atoms with Crippen LogP contribution in [-0.4, -0.2) is 50.3 Å². The highest BCUT2D eigenvalue weighted by molar-refractivity contribution is 5.98. The molecule has 0 unspecified atom stereocenters. The molecular formula is C30H34FN3O4. The first-order valence-electron chi connectivity index (χ1n) is 13.6. The second-order valence-corrected chi connectivity index (χ2v) is 11.4. The molecule has 2 fully saturated rings. The maximum absolute atomic E-state index is 13.9. The number of hydrogen-bond acceptors (Lipinski definition) is 4. The summed E-state index contributed by atoms with van der Waals surface area (Å²) in [6.45, 7) is 3.19. The van der Waals surface area contributed by atoms with Gasteiger partial charge in [0.05, 0.1) is 29.3 Å². The van der Waals surface area contributed by atoms with Crippen LogP contribution in [-0.2, 0) is 16.0 Å². The number of aryl methyl sites for hydroxylation is 1. The molecule has 2 aliphatic rings. The van der Waals surface area contributed by atoms with Crippen molar-refractivity contribution in [2.24, 2.45) is 11.3 Å². The minimum atomic E-state index is -0.747. The van der Waals surface area contributed by atoms with Gasteiger partial charge in [0, 0.05) is 41.3 Å². The van der Waals surface area contributed by atoms with Crippen molar-refractivity contribution in [1.29, 1.82) is 0 Å². The highest BCUT2D eigenvalue weighted by Crippen LogP contribution is 2.53. The number of aliphatic hydroxyl groups is 1. The largest absolute Gasteiger partial charge is 0.481 e. The minimum Gasteiger partial charge on any atom is -0.481 e. The molecule has 38 heavy (non-hydrogen) atoms. The van der Waals surface area contributed by atoms with Crippen LogP contribution in [0.1, 0.15) is 62.6 Å². The van der Waals surface area contributed by atoms with Crippen molar-refractivity contribution < 1.29 is 24.1 Å². The van der Waals surface area contributed by atoms with E-state index in [2.05, 4.69) is 26.9 Å². The third-order valence-electron chi connectivity index (χ3n) is 8.71. The van der Waals surface area contributed by atoms with E-state index in [0.29, 0.717) is 32.5 Å². The zero-order valence-electron chi connectivity index (χ0n) is 21.6. The molecule has 8 heteroatoms. The van der Waals surface area contributed by atoms with Gasteiger partial charge < -0.3 is 19.5 Å². The van der Waals surface area contributed by atoms with E-state index in [1.165, 1.54) is 23.4 Å². The summed E-state index contributed by atoms with van der Waals surface area (Å²) in [5.74, 6) is -1.07. The summed E-state index contributed by atoms with van der Waals surface area (Å²) in [7, 11) is 0. The van der Waals surface area contributed by atoms with E-state index in [1.807, 2.05) is 18.3 Å². The smallest absolute Gasteiger partial charge is 0.306 e. The van der Waals surface area contributed by atoms with Crippen LogP contribution in [0, 0.1) is 17.2 Å². The Morgan fingerprint density at radius 1 is 1.24 bits per heavy atom. The Balaban J connectivity index is 1.50. The number of halogens is 1. The molecule has 2 aromatic heterocycles. The number of benzene rings is 2. The maximum atomic E-state index is 13.9. The second kappa shape index (κ2) is 9.82. The quantitative estimate of drug-likeness (QED) is 0.276. The number of nitrogens with zero attached hydrogens (tertiary/aromatic N) is 2. The fourth-order valence-corrected chi connectivity index (χ4v) is 6.99. The SMILES string of the molecule is C[C@H](O)CC1(CCc2c(C3CCOCC3)n(-c3ccc(F)cc3)c3cc4cn[nH]c4cc23)CC(C(=O)O)C1. The molecule has 0 bridgehead atoms. The van der Waals surface area contributed by atoms with E-state index in [1.54, 1.807) is 6.92 Å². The molecule has 1 aliphatic heterocycles. The molecule has 200 valence electrons. The summed E-state index contributed by atoms with van der Waals surface area (Å²) in [5, 5.41) is 29.3. The lowest BCUT2D eigenvalue weighted by atomic mass is 9.57. The molecule has 0 spiro atoms. The average Bonchev–Trinajstić information content (AvgIpc) is 3.46. The third-order valence-corrected chi connectivity index (χ3v) is 8.71. The van der Waals surface area contributed by atoms with Crippen LogP contribution in [0.15, 0.2) is 42.6 Å². The van der Waals surface area contributed by atoms with Gasteiger partial charge in [-0.05, 0) is 99.2 Å². The van der Waals surface area contributed by atoms with Gasteiger partial charge in [0.2, 0.25) is 0 Å². The van der Waals surface area contributed by atoms with Gasteiger partial charge in [0.25, 0.3) is 0 Å². The minimum absolute atomic E-state index is 0.188. The Kier molecular flexibility index (Phi) is 6.48. The number of aromatic amines is 1. The Bertz CT molecular complexity index is 1460. The Morgan fingerprint density at radius 3 is 2.66 bits per heavy atom. The van der Waals surface area contributed by atoms with Crippen molar-refractivity contribution in [3.8, 4) is 5.69 Å². The number of rotatable bonds is 8. The van der Waals surface area contributed by atoms with Gasteiger partial charge in [-0.15, -0.1) is 0 Å². The van der Waals surface area contributed by atoms with E-state index in [-0.39, 0.29) is 23.1 Å². The van der Waals surface area contributed by atoms with E-state index in [0.717, 1.165) is 53.2 Å². The number of nitrogens with one attached hydrogen (secondary N) is 1. The van der Waals surface area contributed by atoms with Crippen molar-refractivity contribution in [2.75, 3.05) is 13.2 Å². The van der Waals surface area contributed by atoms with Crippen molar-refractivity contribution in [3.05, 3.63) is 59.7 Å². The molecule has 1 saturated carbocycles. The summed E-state index contributed by atoms with van der Waals surface area (Å²) in [6, 6.07) is 11.0. The third kappa shape index (κ3) is 4.50. The van der Waals surface area contributed by atoms with Gasteiger partial charge >= 0.3 is 5.97 Å². The molecule has 3 N–H and O–H groups in total. The van der Waals surface area contributed by atoms with Gasteiger partial charge in [-0.25, -0.2) is 4.39 Å². The number of aliphatic hydroxyl groups excluding tert-OH is 1. The fraction of sp³-hybridized carbons (Fsp3) is 0.467. The number of H-pyrrole nitrogens is 1. The summed E-state index contributed by atoms with van der Waals surface area (Å²) < 4.78 is 21.9. The summed E-state index contributed by atoms with van der Waals surface area (Å²) in [4.78, 5) is 11.6. The number of carboxylic acid groups (broad SMARTS) is 1. The van der Waals surface area contributed by atoms with E-state index in [4.69, 9.17) is 4.74 Å². The summed E-state index contributed by atoms with van der Waals surface area (Å²) in [6.07, 6.45) is 6.53. The van der Waals surface area contributed by atoms with Crippen molar-refractivity contribution >= 4 is 27.8 Å². The highest BCUT2D eigenvalue weighted by atomic mass is 19.1. The summed E-state index contributed by atoms with van der Waals surface area (Å²) in [5.41, 5.74) is 5.23. The maximum Gasteiger partial charge on any atom is 0.306 e. The Labute approximate surface area is 220 Å². The van der Waals surface area contributed by atoms with Gasteiger partial charge in [0.15, 0.2) is 0 Å². The van der Waals surface area contributed by atoms with Crippen LogP contribution in [0.4, 0.5) is 4.39 Å².